The van der Waals surface area contributed by atoms with E-state index in [0.29, 0.717) is 23.5 Å². The van der Waals surface area contributed by atoms with Crippen molar-refractivity contribution in [3.8, 4) is 5.75 Å². The lowest BCUT2D eigenvalue weighted by atomic mass is 9.95. The van der Waals surface area contributed by atoms with Gasteiger partial charge in [0.05, 0.1) is 24.8 Å². The number of carbonyl (C=O) groups is 2. The molecule has 146 valence electrons. The normalized spacial score (nSPS) is 18.5. The lowest BCUT2D eigenvalue weighted by Gasteiger charge is -2.25. The van der Waals surface area contributed by atoms with Gasteiger partial charge in [-0.15, -0.1) is 0 Å². The fourth-order valence-electron chi connectivity index (χ4n) is 3.23. The Morgan fingerprint density at radius 3 is 2.43 bits per heavy atom. The maximum absolute atomic E-state index is 12.8. The van der Waals surface area contributed by atoms with E-state index in [9.17, 15) is 14.7 Å². The molecule has 7 nitrogen and oxygen atoms in total. The molecule has 2 heterocycles. The van der Waals surface area contributed by atoms with E-state index in [1.165, 1.54) is 24.4 Å². The van der Waals surface area contributed by atoms with Crippen molar-refractivity contribution in [3.05, 3.63) is 65.5 Å². The highest BCUT2D eigenvalue weighted by Gasteiger charge is 2.45. The first-order valence-electron chi connectivity index (χ1n) is 8.99. The summed E-state index contributed by atoms with van der Waals surface area (Å²) in [5.74, 6) is -0.912. The number of Topliss-reactive ketones (excluding diaryl/α,β-unsaturated/α-hetero) is 1. The van der Waals surface area contributed by atoms with Gasteiger partial charge in [-0.3, -0.25) is 14.6 Å². The number of hydrogen-bond donors (Lipinski definition) is 1. The summed E-state index contributed by atoms with van der Waals surface area (Å²) in [6, 6.07) is 9.62. The average molecular weight is 382 g/mol. The molecule has 1 aliphatic heterocycles. The molecule has 1 saturated heterocycles. The predicted molar refractivity (Wildman–Crippen MR) is 103 cm³/mol. The Bertz CT molecular complexity index is 877. The Labute approximate surface area is 163 Å². The van der Waals surface area contributed by atoms with Crippen LogP contribution in [0.4, 0.5) is 0 Å². The molecule has 1 aromatic heterocycles. The lowest BCUT2D eigenvalue weighted by molar-refractivity contribution is -0.140. The van der Waals surface area contributed by atoms with Crippen molar-refractivity contribution in [3.63, 3.8) is 0 Å². The second-order valence-corrected chi connectivity index (χ2v) is 6.22. The van der Waals surface area contributed by atoms with Crippen molar-refractivity contribution in [2.75, 3.05) is 26.9 Å². The molecule has 3 rings (SSSR count). The maximum atomic E-state index is 12.8. The highest BCUT2D eigenvalue weighted by molar-refractivity contribution is 6.46. The summed E-state index contributed by atoms with van der Waals surface area (Å²) in [7, 11) is 1.53. The number of ketones is 1. The molecule has 2 aromatic rings. The van der Waals surface area contributed by atoms with Crippen LogP contribution in [0.2, 0.25) is 0 Å². The number of aliphatic hydroxyl groups is 1. The SMILES string of the molecule is CCOc1ccc(C2C(=C(O)c3ccncc3)C(=O)C(=O)N2CCOC)cc1. The van der Waals surface area contributed by atoms with Crippen molar-refractivity contribution in [2.24, 2.45) is 0 Å². The summed E-state index contributed by atoms with van der Waals surface area (Å²) in [6.45, 7) is 2.93. The number of nitrogens with zero attached hydrogens (tertiary/aromatic N) is 2. The first-order chi connectivity index (χ1) is 13.6. The van der Waals surface area contributed by atoms with Crippen LogP contribution in [0.1, 0.15) is 24.1 Å². The molecule has 1 atom stereocenters. The molecule has 1 fully saturated rings. The van der Waals surface area contributed by atoms with Gasteiger partial charge >= 0.3 is 0 Å². The molecule has 0 aliphatic carbocycles. The van der Waals surface area contributed by atoms with Crippen LogP contribution in [0.5, 0.6) is 5.75 Å². The van der Waals surface area contributed by atoms with Crippen LogP contribution in [0.15, 0.2) is 54.4 Å². The smallest absolute Gasteiger partial charge is 0.295 e. The van der Waals surface area contributed by atoms with E-state index < -0.39 is 17.7 Å². The number of carbonyl (C=O) groups excluding carboxylic acids is 2. The number of likely N-dealkylation sites (tertiary alicyclic amines) is 1. The van der Waals surface area contributed by atoms with Crippen molar-refractivity contribution in [1.29, 1.82) is 0 Å². The number of ether oxygens (including phenoxy) is 2. The molecule has 1 amide bonds. The van der Waals surface area contributed by atoms with Crippen molar-refractivity contribution in [1.82, 2.24) is 9.88 Å². The number of pyridine rings is 1. The fraction of sp³-hybridized carbons (Fsp3) is 0.286. The molecule has 1 N–H and O–H groups in total. The second kappa shape index (κ2) is 8.67. The van der Waals surface area contributed by atoms with Crippen LogP contribution >= 0.6 is 0 Å². The third kappa shape index (κ3) is 3.75. The maximum Gasteiger partial charge on any atom is 0.295 e. The summed E-state index contributed by atoms with van der Waals surface area (Å²) < 4.78 is 10.6. The zero-order valence-corrected chi connectivity index (χ0v) is 15.8. The molecule has 1 aromatic carbocycles. The van der Waals surface area contributed by atoms with Gasteiger partial charge < -0.3 is 19.5 Å². The van der Waals surface area contributed by atoms with E-state index >= 15 is 0 Å². The van der Waals surface area contributed by atoms with Gasteiger partial charge in [-0.2, -0.15) is 0 Å². The molecular weight excluding hydrogens is 360 g/mol. The van der Waals surface area contributed by atoms with Gasteiger partial charge in [0.1, 0.15) is 11.5 Å². The highest BCUT2D eigenvalue weighted by atomic mass is 16.5. The highest BCUT2D eigenvalue weighted by Crippen LogP contribution is 2.39. The number of methoxy groups -OCH3 is 1. The molecule has 0 saturated carbocycles. The zero-order chi connectivity index (χ0) is 20.1. The standard InChI is InChI=1S/C21H22N2O5/c1-3-28-16-6-4-14(5-7-16)18-17(19(24)15-8-10-22-11-9-15)20(25)21(26)23(18)12-13-27-2/h4-11,18,24H,3,12-13H2,1-2H3. The number of aromatic nitrogens is 1. The van der Waals surface area contributed by atoms with Crippen LogP contribution in [0.3, 0.4) is 0 Å². The van der Waals surface area contributed by atoms with Gasteiger partial charge in [0, 0.05) is 31.6 Å². The minimum Gasteiger partial charge on any atom is -0.507 e. The number of benzene rings is 1. The predicted octanol–water partition coefficient (Wildman–Crippen LogP) is 2.55. The molecule has 0 bridgehead atoms. The van der Waals surface area contributed by atoms with Crippen molar-refractivity contribution >= 4 is 17.4 Å². The first kappa shape index (κ1) is 19.6. The molecule has 1 unspecified atom stereocenters. The first-order valence-corrected chi connectivity index (χ1v) is 8.99. The Morgan fingerprint density at radius 2 is 1.82 bits per heavy atom. The van der Waals surface area contributed by atoms with Crippen LogP contribution in [-0.2, 0) is 14.3 Å². The third-order valence-corrected chi connectivity index (χ3v) is 4.54. The van der Waals surface area contributed by atoms with Gasteiger partial charge in [0.15, 0.2) is 0 Å². The van der Waals surface area contributed by atoms with Gasteiger partial charge in [-0.1, -0.05) is 12.1 Å². The number of hydrogen-bond acceptors (Lipinski definition) is 6. The second-order valence-electron chi connectivity index (χ2n) is 6.22. The van der Waals surface area contributed by atoms with Gasteiger partial charge in [0.2, 0.25) is 0 Å². The lowest BCUT2D eigenvalue weighted by Crippen LogP contribution is -2.32. The molecule has 28 heavy (non-hydrogen) atoms. The Balaban J connectivity index is 2.10. The summed E-state index contributed by atoms with van der Waals surface area (Å²) in [5, 5.41) is 10.8. The van der Waals surface area contributed by atoms with Crippen molar-refractivity contribution < 1.29 is 24.2 Å². The summed E-state index contributed by atoms with van der Waals surface area (Å²) in [5.41, 5.74) is 1.18. The van der Waals surface area contributed by atoms with E-state index in [4.69, 9.17) is 9.47 Å². The van der Waals surface area contributed by atoms with Crippen LogP contribution in [0, 0.1) is 0 Å². The third-order valence-electron chi connectivity index (χ3n) is 4.54. The van der Waals surface area contributed by atoms with Crippen LogP contribution < -0.4 is 4.74 Å². The minimum absolute atomic E-state index is 0.0523. The van der Waals surface area contributed by atoms with Crippen molar-refractivity contribution in [2.45, 2.75) is 13.0 Å². The molecule has 0 spiro atoms. The van der Waals surface area contributed by atoms with E-state index in [1.54, 1.807) is 36.4 Å². The van der Waals surface area contributed by atoms with Gasteiger partial charge in [-0.25, -0.2) is 0 Å². The minimum atomic E-state index is -0.718. The van der Waals surface area contributed by atoms with E-state index in [2.05, 4.69) is 4.98 Å². The molecule has 1 aliphatic rings. The number of aliphatic hydroxyl groups excluding tert-OH is 1. The molecule has 7 heteroatoms. The fourth-order valence-corrected chi connectivity index (χ4v) is 3.23. The Hall–Kier alpha value is -3.19. The topological polar surface area (TPSA) is 89.0 Å². The summed E-state index contributed by atoms with van der Waals surface area (Å²) >= 11 is 0. The Kier molecular flexibility index (Phi) is 6.06. The zero-order valence-electron chi connectivity index (χ0n) is 15.8. The summed E-state index contributed by atoms with van der Waals surface area (Å²) in [6.07, 6.45) is 3.03. The summed E-state index contributed by atoms with van der Waals surface area (Å²) in [4.78, 5) is 30.8. The van der Waals surface area contributed by atoms with E-state index in [0.717, 1.165) is 0 Å². The quantitative estimate of drug-likeness (QED) is 0.450. The number of amides is 1. The van der Waals surface area contributed by atoms with Gasteiger partial charge in [-0.05, 0) is 36.8 Å². The largest absolute Gasteiger partial charge is 0.507 e. The average Bonchev–Trinajstić information content (AvgIpc) is 2.98. The molecular formula is C21H22N2O5. The number of rotatable bonds is 7. The molecule has 0 radical (unpaired) electrons. The Morgan fingerprint density at radius 1 is 1.14 bits per heavy atom. The monoisotopic (exact) mass is 382 g/mol. The van der Waals surface area contributed by atoms with E-state index in [-0.39, 0.29) is 24.5 Å². The van der Waals surface area contributed by atoms with E-state index in [1.807, 2.05) is 6.92 Å². The van der Waals surface area contributed by atoms with Crippen LogP contribution in [0.25, 0.3) is 5.76 Å². The van der Waals surface area contributed by atoms with Gasteiger partial charge in [0.25, 0.3) is 11.7 Å². The van der Waals surface area contributed by atoms with Crippen LogP contribution in [-0.4, -0.2) is 53.5 Å².